The number of benzene rings is 1. The van der Waals surface area contributed by atoms with Crippen molar-refractivity contribution < 1.29 is 17.9 Å². The average molecular weight is 327 g/mol. The van der Waals surface area contributed by atoms with Gasteiger partial charge in [0.25, 0.3) is 0 Å². The summed E-state index contributed by atoms with van der Waals surface area (Å²) >= 11 is 0. The monoisotopic (exact) mass is 327 g/mol. The molecule has 2 rings (SSSR count). The molecule has 1 heterocycles. The molecule has 0 radical (unpaired) electrons. The van der Waals surface area contributed by atoms with Crippen LogP contribution in [-0.2, 0) is 20.1 Å². The molecular weight excluding hydrogens is 311 g/mol. The first-order valence-electron chi connectivity index (χ1n) is 6.69. The Hall–Kier alpha value is -2.71. The number of alkyl halides is 3. The summed E-state index contributed by atoms with van der Waals surface area (Å²) in [5, 5.41) is 6.96. The first-order chi connectivity index (χ1) is 10.8. The van der Waals surface area contributed by atoms with Crippen LogP contribution in [0, 0.1) is 0 Å². The Kier molecular flexibility index (Phi) is 5.09. The smallest absolute Gasteiger partial charge is 0.406 e. The first kappa shape index (κ1) is 16.7. The summed E-state index contributed by atoms with van der Waals surface area (Å²) in [5.41, 5.74) is 7.39. The second kappa shape index (κ2) is 7.03. The number of nitrogens with zero attached hydrogens (tertiary/aromatic N) is 3. The van der Waals surface area contributed by atoms with Gasteiger partial charge in [-0.15, -0.1) is 13.2 Å². The van der Waals surface area contributed by atoms with Gasteiger partial charge in [0.15, 0.2) is 5.96 Å². The molecule has 9 heteroatoms. The molecule has 0 saturated carbocycles. The van der Waals surface area contributed by atoms with E-state index in [2.05, 4.69) is 20.1 Å². The van der Waals surface area contributed by atoms with Crippen LogP contribution in [0.15, 0.2) is 41.5 Å². The highest BCUT2D eigenvalue weighted by Crippen LogP contribution is 2.22. The van der Waals surface area contributed by atoms with E-state index in [9.17, 15) is 13.2 Å². The lowest BCUT2D eigenvalue weighted by Crippen LogP contribution is -2.31. The van der Waals surface area contributed by atoms with E-state index in [4.69, 9.17) is 5.73 Å². The van der Waals surface area contributed by atoms with Crippen LogP contribution >= 0.6 is 0 Å². The maximum Gasteiger partial charge on any atom is 0.573 e. The van der Waals surface area contributed by atoms with E-state index >= 15 is 0 Å². The summed E-state index contributed by atoms with van der Waals surface area (Å²) in [6.45, 7) is 0.723. The predicted molar refractivity (Wildman–Crippen MR) is 78.5 cm³/mol. The summed E-state index contributed by atoms with van der Waals surface area (Å²) in [6.07, 6.45) is -3.02. The molecule has 0 aliphatic heterocycles. The first-order valence-corrected chi connectivity index (χ1v) is 6.69. The third-order valence-electron chi connectivity index (χ3n) is 2.96. The van der Waals surface area contributed by atoms with E-state index in [1.54, 1.807) is 10.9 Å². The molecule has 0 bridgehead atoms. The van der Waals surface area contributed by atoms with E-state index in [0.29, 0.717) is 12.1 Å². The van der Waals surface area contributed by atoms with Crippen molar-refractivity contribution in [1.29, 1.82) is 0 Å². The molecule has 0 amide bonds. The molecule has 0 fully saturated rings. The van der Waals surface area contributed by atoms with Gasteiger partial charge in [-0.2, -0.15) is 5.10 Å². The van der Waals surface area contributed by atoms with Crippen LogP contribution in [0.25, 0.3) is 0 Å². The molecule has 0 aliphatic carbocycles. The molecule has 0 aliphatic rings. The van der Waals surface area contributed by atoms with Gasteiger partial charge in [0.2, 0.25) is 0 Å². The fraction of sp³-hybridized carbons (Fsp3) is 0.286. The van der Waals surface area contributed by atoms with Crippen LogP contribution in [0.1, 0.15) is 11.3 Å². The lowest BCUT2D eigenvalue weighted by molar-refractivity contribution is -0.274. The number of nitrogens with one attached hydrogen (secondary N) is 1. The Labute approximate surface area is 130 Å². The molecular formula is C14H16F3N5O. The lowest BCUT2D eigenvalue weighted by Gasteiger charge is -2.09. The van der Waals surface area contributed by atoms with Crippen molar-refractivity contribution in [3.05, 3.63) is 47.8 Å². The second-order valence-electron chi connectivity index (χ2n) is 4.69. The molecule has 3 N–H and O–H groups in total. The van der Waals surface area contributed by atoms with Gasteiger partial charge in [0.1, 0.15) is 5.75 Å². The minimum Gasteiger partial charge on any atom is -0.406 e. The molecule has 23 heavy (non-hydrogen) atoms. The quantitative estimate of drug-likeness (QED) is 0.650. The van der Waals surface area contributed by atoms with Gasteiger partial charge in [-0.05, 0) is 23.8 Å². The minimum absolute atomic E-state index is 0.238. The van der Waals surface area contributed by atoms with Gasteiger partial charge < -0.3 is 15.8 Å². The Morgan fingerprint density at radius 2 is 2.00 bits per heavy atom. The largest absolute Gasteiger partial charge is 0.573 e. The fourth-order valence-electron chi connectivity index (χ4n) is 1.78. The van der Waals surface area contributed by atoms with Crippen LogP contribution in [0.5, 0.6) is 5.75 Å². The van der Waals surface area contributed by atoms with Crippen molar-refractivity contribution in [2.24, 2.45) is 17.8 Å². The normalized spacial score (nSPS) is 12.3. The Morgan fingerprint density at radius 1 is 1.30 bits per heavy atom. The molecule has 0 saturated heterocycles. The number of hydrogen-bond donors (Lipinski definition) is 2. The molecule has 6 nitrogen and oxygen atoms in total. The lowest BCUT2D eigenvalue weighted by atomic mass is 10.2. The highest BCUT2D eigenvalue weighted by atomic mass is 19.4. The highest BCUT2D eigenvalue weighted by Gasteiger charge is 2.30. The maximum atomic E-state index is 12.1. The second-order valence-corrected chi connectivity index (χ2v) is 4.69. The summed E-state index contributed by atoms with van der Waals surface area (Å²) in [6, 6.07) is 7.31. The third kappa shape index (κ3) is 5.53. The van der Waals surface area contributed by atoms with Crippen molar-refractivity contribution in [3.63, 3.8) is 0 Å². The number of halogens is 3. The average Bonchev–Trinajstić information content (AvgIpc) is 2.88. The number of hydrogen-bond acceptors (Lipinski definition) is 3. The molecule has 1 aromatic heterocycles. The maximum absolute atomic E-state index is 12.1. The molecule has 1 aromatic carbocycles. The van der Waals surface area contributed by atoms with E-state index < -0.39 is 6.36 Å². The van der Waals surface area contributed by atoms with Crippen molar-refractivity contribution in [2.75, 3.05) is 0 Å². The zero-order valence-electron chi connectivity index (χ0n) is 12.3. The van der Waals surface area contributed by atoms with Gasteiger partial charge in [0, 0.05) is 13.2 Å². The van der Waals surface area contributed by atoms with Crippen molar-refractivity contribution in [1.82, 2.24) is 15.1 Å². The zero-order chi connectivity index (χ0) is 16.9. The number of aryl methyl sites for hydroxylation is 1. The molecule has 0 unspecified atom stereocenters. The number of rotatable bonds is 5. The third-order valence-corrected chi connectivity index (χ3v) is 2.96. The SMILES string of the molecule is Cn1nccc1CNC(N)=NCc1ccc(OC(F)(F)F)cc1. The summed E-state index contributed by atoms with van der Waals surface area (Å²) < 4.78 is 41.7. The van der Waals surface area contributed by atoms with Gasteiger partial charge in [-0.3, -0.25) is 4.68 Å². The van der Waals surface area contributed by atoms with E-state index in [1.165, 1.54) is 24.3 Å². The van der Waals surface area contributed by atoms with Crippen molar-refractivity contribution in [3.8, 4) is 5.75 Å². The number of ether oxygens (including phenoxy) is 1. The highest BCUT2D eigenvalue weighted by molar-refractivity contribution is 5.77. The number of aliphatic imine (C=N–C) groups is 1. The van der Waals surface area contributed by atoms with Crippen LogP contribution < -0.4 is 15.8 Å². The van der Waals surface area contributed by atoms with Crippen molar-refractivity contribution >= 4 is 5.96 Å². The van der Waals surface area contributed by atoms with Crippen LogP contribution in [-0.4, -0.2) is 22.1 Å². The summed E-state index contributed by atoms with van der Waals surface area (Å²) in [5.74, 6) is -0.0330. The molecule has 0 atom stereocenters. The van der Waals surface area contributed by atoms with Gasteiger partial charge in [-0.25, -0.2) is 4.99 Å². The number of guanidine groups is 1. The molecule has 2 aromatic rings. The standard InChI is InChI=1S/C14H16F3N5O/c1-22-11(6-7-21-22)9-20-13(18)19-8-10-2-4-12(5-3-10)23-14(15,16)17/h2-7H,8-9H2,1H3,(H3,18,19,20). The fourth-order valence-corrected chi connectivity index (χ4v) is 1.78. The van der Waals surface area contributed by atoms with Crippen LogP contribution in [0.3, 0.4) is 0 Å². The van der Waals surface area contributed by atoms with E-state index in [-0.39, 0.29) is 18.3 Å². The Balaban J connectivity index is 1.85. The van der Waals surface area contributed by atoms with Gasteiger partial charge >= 0.3 is 6.36 Å². The summed E-state index contributed by atoms with van der Waals surface area (Å²) in [7, 11) is 1.81. The molecule has 124 valence electrons. The van der Waals surface area contributed by atoms with Crippen molar-refractivity contribution in [2.45, 2.75) is 19.5 Å². The minimum atomic E-state index is -4.69. The number of aromatic nitrogens is 2. The van der Waals surface area contributed by atoms with E-state index in [1.807, 2.05) is 13.1 Å². The van der Waals surface area contributed by atoms with Crippen LogP contribution in [0.2, 0.25) is 0 Å². The zero-order valence-corrected chi connectivity index (χ0v) is 12.3. The number of nitrogens with two attached hydrogens (primary N) is 1. The Morgan fingerprint density at radius 3 is 2.57 bits per heavy atom. The topological polar surface area (TPSA) is 77.5 Å². The molecule has 0 spiro atoms. The van der Waals surface area contributed by atoms with Gasteiger partial charge in [-0.1, -0.05) is 12.1 Å². The van der Waals surface area contributed by atoms with Crippen LogP contribution in [0.4, 0.5) is 13.2 Å². The predicted octanol–water partition coefficient (Wildman–Crippen LogP) is 1.92. The van der Waals surface area contributed by atoms with Gasteiger partial charge in [0.05, 0.1) is 18.8 Å². The Bertz CT molecular complexity index is 664. The summed E-state index contributed by atoms with van der Waals surface area (Å²) in [4.78, 5) is 4.12. The van der Waals surface area contributed by atoms with E-state index in [0.717, 1.165) is 5.69 Å².